The zero-order valence-electron chi connectivity index (χ0n) is 13.4. The van der Waals surface area contributed by atoms with E-state index in [1.165, 1.54) is 4.90 Å². The second-order valence-electron chi connectivity index (χ2n) is 6.49. The molecule has 4 rings (SSSR count). The Bertz CT molecular complexity index is 729. The molecule has 6 nitrogen and oxygen atoms in total. The molecule has 3 heterocycles. The van der Waals surface area contributed by atoms with Gasteiger partial charge in [-0.05, 0) is 31.0 Å². The molecule has 2 aliphatic heterocycles. The first-order valence-corrected chi connectivity index (χ1v) is 8.35. The van der Waals surface area contributed by atoms with E-state index in [-0.39, 0.29) is 23.8 Å². The maximum atomic E-state index is 12.9. The topological polar surface area (TPSA) is 69.3 Å². The number of fused-ring (bicyclic) bond motifs is 1. The molecule has 124 valence electrons. The number of nitrogens with one attached hydrogen (secondary N) is 1. The predicted octanol–water partition coefficient (Wildman–Crippen LogP) is 1.56. The van der Waals surface area contributed by atoms with E-state index < -0.39 is 0 Å². The molecule has 0 bridgehead atoms. The van der Waals surface area contributed by atoms with Gasteiger partial charge in [-0.25, -0.2) is 0 Å². The van der Waals surface area contributed by atoms with Gasteiger partial charge in [0.15, 0.2) is 0 Å². The molecular weight excluding hydrogens is 304 g/mol. The van der Waals surface area contributed by atoms with Crippen molar-refractivity contribution < 1.29 is 9.59 Å². The molecule has 6 heteroatoms. The van der Waals surface area contributed by atoms with Crippen molar-refractivity contribution in [3.63, 3.8) is 0 Å². The number of imide groups is 1. The van der Waals surface area contributed by atoms with Crippen LogP contribution >= 0.6 is 0 Å². The van der Waals surface area contributed by atoms with Crippen LogP contribution in [0.25, 0.3) is 0 Å². The number of hydrogen-bond donors (Lipinski definition) is 1. The van der Waals surface area contributed by atoms with Gasteiger partial charge in [-0.2, -0.15) is 5.10 Å². The van der Waals surface area contributed by atoms with Crippen LogP contribution in [0.15, 0.2) is 42.6 Å². The van der Waals surface area contributed by atoms with Crippen molar-refractivity contribution in [3.05, 3.63) is 53.9 Å². The summed E-state index contributed by atoms with van der Waals surface area (Å²) in [6, 6.07) is 11.3. The number of amides is 2. The average molecular weight is 324 g/mol. The maximum absolute atomic E-state index is 12.9. The number of aromatic amines is 1. The van der Waals surface area contributed by atoms with Crippen LogP contribution in [0.4, 0.5) is 0 Å². The lowest BCUT2D eigenvalue weighted by molar-refractivity contribution is -0.140. The third-order valence-electron chi connectivity index (χ3n) is 4.95. The van der Waals surface area contributed by atoms with Gasteiger partial charge in [0.2, 0.25) is 11.8 Å². The van der Waals surface area contributed by atoms with Gasteiger partial charge in [0.25, 0.3) is 0 Å². The molecular formula is C18H20N4O2. The molecule has 0 aliphatic carbocycles. The van der Waals surface area contributed by atoms with Crippen molar-refractivity contribution in [2.45, 2.75) is 32.0 Å². The monoisotopic (exact) mass is 324 g/mol. The number of likely N-dealkylation sites (tertiary alicyclic amines) is 2. The van der Waals surface area contributed by atoms with Crippen LogP contribution < -0.4 is 0 Å². The Hall–Kier alpha value is -2.47. The minimum absolute atomic E-state index is 0.0248. The minimum Gasteiger partial charge on any atom is -0.285 e. The van der Waals surface area contributed by atoms with Crippen LogP contribution in [0.5, 0.6) is 0 Å². The Morgan fingerprint density at radius 2 is 1.92 bits per heavy atom. The van der Waals surface area contributed by atoms with Gasteiger partial charge < -0.3 is 0 Å². The largest absolute Gasteiger partial charge is 0.285 e. The highest BCUT2D eigenvalue weighted by Crippen LogP contribution is 2.34. The fourth-order valence-electron chi connectivity index (χ4n) is 3.81. The fourth-order valence-corrected chi connectivity index (χ4v) is 3.81. The summed E-state index contributed by atoms with van der Waals surface area (Å²) in [4.78, 5) is 29.3. The summed E-state index contributed by atoms with van der Waals surface area (Å²) in [6.07, 6.45) is 3.44. The Kier molecular flexibility index (Phi) is 3.90. The molecule has 1 N–H and O–H groups in total. The number of hydrogen-bond acceptors (Lipinski definition) is 4. The average Bonchev–Trinajstić information content (AvgIpc) is 3.19. The van der Waals surface area contributed by atoms with Gasteiger partial charge in [0.05, 0.1) is 12.5 Å². The van der Waals surface area contributed by atoms with Gasteiger partial charge in [-0.3, -0.25) is 24.5 Å². The number of piperidine rings is 1. The first kappa shape index (κ1) is 15.1. The Morgan fingerprint density at radius 1 is 1.08 bits per heavy atom. The maximum Gasteiger partial charge on any atom is 0.247 e. The van der Waals surface area contributed by atoms with Gasteiger partial charge in [0, 0.05) is 18.4 Å². The molecule has 2 aliphatic rings. The molecule has 2 fully saturated rings. The van der Waals surface area contributed by atoms with E-state index in [0.29, 0.717) is 13.1 Å². The van der Waals surface area contributed by atoms with Crippen molar-refractivity contribution in [1.29, 1.82) is 0 Å². The Balaban J connectivity index is 1.55. The van der Waals surface area contributed by atoms with Crippen molar-refractivity contribution in [2.24, 2.45) is 5.92 Å². The van der Waals surface area contributed by atoms with Gasteiger partial charge >= 0.3 is 0 Å². The number of aromatic nitrogens is 2. The molecule has 1 aromatic heterocycles. The highest BCUT2D eigenvalue weighted by molar-refractivity contribution is 6.07. The SMILES string of the molecule is O=C1[C@@H]2[C@@H](CCCN2Cc2ccn[nH]2)C(=O)N1Cc1ccccc1. The number of H-pyrrole nitrogens is 1. The van der Waals surface area contributed by atoms with Crippen LogP contribution in [-0.2, 0) is 22.7 Å². The summed E-state index contributed by atoms with van der Waals surface area (Å²) in [5.41, 5.74) is 1.95. The van der Waals surface area contributed by atoms with Crippen LogP contribution in [0.3, 0.4) is 0 Å². The molecule has 2 amide bonds. The minimum atomic E-state index is -0.335. The number of rotatable bonds is 4. The van der Waals surface area contributed by atoms with Crippen molar-refractivity contribution in [1.82, 2.24) is 20.0 Å². The summed E-state index contributed by atoms with van der Waals surface area (Å²) in [6.45, 7) is 1.82. The lowest BCUT2D eigenvalue weighted by atomic mass is 9.91. The van der Waals surface area contributed by atoms with E-state index >= 15 is 0 Å². The number of nitrogens with zero attached hydrogens (tertiary/aromatic N) is 3. The fraction of sp³-hybridized carbons (Fsp3) is 0.389. The molecule has 0 spiro atoms. The zero-order chi connectivity index (χ0) is 16.5. The van der Waals surface area contributed by atoms with E-state index in [9.17, 15) is 9.59 Å². The lowest BCUT2D eigenvalue weighted by Crippen LogP contribution is -2.47. The Morgan fingerprint density at radius 3 is 2.67 bits per heavy atom. The van der Waals surface area contributed by atoms with Gasteiger partial charge in [0.1, 0.15) is 6.04 Å². The highest BCUT2D eigenvalue weighted by atomic mass is 16.2. The summed E-state index contributed by atoms with van der Waals surface area (Å²) < 4.78 is 0. The van der Waals surface area contributed by atoms with Crippen LogP contribution in [-0.4, -0.2) is 44.4 Å². The molecule has 2 atom stereocenters. The van der Waals surface area contributed by atoms with E-state index in [0.717, 1.165) is 30.6 Å². The smallest absolute Gasteiger partial charge is 0.247 e. The summed E-state index contributed by atoms with van der Waals surface area (Å²) >= 11 is 0. The molecule has 0 unspecified atom stereocenters. The number of carbonyl (C=O) groups is 2. The zero-order valence-corrected chi connectivity index (χ0v) is 13.4. The van der Waals surface area contributed by atoms with E-state index in [4.69, 9.17) is 0 Å². The standard InChI is InChI=1S/C18H20N4O2/c23-17-15-7-4-10-21(12-14-8-9-19-20-14)16(15)18(24)22(17)11-13-5-2-1-3-6-13/h1-3,5-6,8-9,15-16H,4,7,10-12H2,(H,19,20)/t15-,16+/m1/s1. The number of carbonyl (C=O) groups excluding carboxylic acids is 2. The predicted molar refractivity (Wildman–Crippen MR) is 87.5 cm³/mol. The third-order valence-corrected chi connectivity index (χ3v) is 4.95. The van der Waals surface area contributed by atoms with Crippen LogP contribution in [0.2, 0.25) is 0 Å². The van der Waals surface area contributed by atoms with Crippen molar-refractivity contribution in [3.8, 4) is 0 Å². The third kappa shape index (κ3) is 2.63. The summed E-state index contributed by atoms with van der Waals surface area (Å²) in [7, 11) is 0. The van der Waals surface area contributed by atoms with Crippen molar-refractivity contribution in [2.75, 3.05) is 6.54 Å². The van der Waals surface area contributed by atoms with Gasteiger partial charge in [-0.1, -0.05) is 30.3 Å². The van der Waals surface area contributed by atoms with E-state index in [1.807, 2.05) is 36.4 Å². The Labute approximate surface area is 140 Å². The summed E-state index contributed by atoms with van der Waals surface area (Å²) in [5, 5.41) is 6.90. The van der Waals surface area contributed by atoms with E-state index in [2.05, 4.69) is 15.1 Å². The molecule has 2 saturated heterocycles. The molecule has 0 radical (unpaired) electrons. The summed E-state index contributed by atoms with van der Waals surface area (Å²) in [5.74, 6) is -0.297. The second-order valence-corrected chi connectivity index (χ2v) is 6.49. The van der Waals surface area contributed by atoms with E-state index in [1.54, 1.807) is 6.20 Å². The van der Waals surface area contributed by atoms with Crippen LogP contribution in [0.1, 0.15) is 24.1 Å². The first-order valence-electron chi connectivity index (χ1n) is 8.35. The lowest BCUT2D eigenvalue weighted by Gasteiger charge is -2.34. The molecule has 24 heavy (non-hydrogen) atoms. The quantitative estimate of drug-likeness (QED) is 0.867. The normalized spacial score (nSPS) is 24.4. The number of benzene rings is 1. The molecule has 0 saturated carbocycles. The molecule has 2 aromatic rings. The first-order chi connectivity index (χ1) is 11.7. The highest BCUT2D eigenvalue weighted by Gasteiger charge is 2.51. The van der Waals surface area contributed by atoms with Gasteiger partial charge in [-0.15, -0.1) is 0 Å². The molecule has 1 aromatic carbocycles. The van der Waals surface area contributed by atoms with Crippen molar-refractivity contribution >= 4 is 11.8 Å². The second kappa shape index (κ2) is 6.20. The van der Waals surface area contributed by atoms with Crippen LogP contribution in [0, 0.1) is 5.92 Å².